The molecule has 0 aliphatic carbocycles. The van der Waals surface area contributed by atoms with E-state index in [0.717, 1.165) is 17.6 Å². The maximum absolute atomic E-state index is 12.3. The molecule has 0 aliphatic heterocycles. The third-order valence-electron chi connectivity index (χ3n) is 4.04. The van der Waals surface area contributed by atoms with Gasteiger partial charge in [-0.3, -0.25) is 4.79 Å². The van der Waals surface area contributed by atoms with E-state index < -0.39 is 0 Å². The van der Waals surface area contributed by atoms with Crippen molar-refractivity contribution in [1.82, 2.24) is 10.3 Å². The number of benzene rings is 2. The standard InChI is InChI=1S/C19H20N2O2/c1-13-14(15-7-3-5-9-17(15)21-13)11-12-20-19(22)16-8-4-6-10-18(16)23-2/h3-10,21H,11-12H2,1-2H3,(H,20,22). The van der Waals surface area contributed by atoms with Crippen LogP contribution >= 0.6 is 0 Å². The van der Waals surface area contributed by atoms with Gasteiger partial charge in [-0.2, -0.15) is 0 Å². The summed E-state index contributed by atoms with van der Waals surface area (Å²) in [5.41, 5.74) is 4.10. The van der Waals surface area contributed by atoms with Crippen LogP contribution in [0.5, 0.6) is 5.75 Å². The number of ether oxygens (including phenoxy) is 1. The third kappa shape index (κ3) is 3.06. The molecule has 0 bridgehead atoms. The number of fused-ring (bicyclic) bond motifs is 1. The molecule has 4 heteroatoms. The highest BCUT2D eigenvalue weighted by molar-refractivity contribution is 5.97. The van der Waals surface area contributed by atoms with Gasteiger partial charge < -0.3 is 15.0 Å². The highest BCUT2D eigenvalue weighted by atomic mass is 16.5. The normalized spacial score (nSPS) is 10.7. The molecule has 0 fully saturated rings. The minimum atomic E-state index is -0.111. The van der Waals surface area contributed by atoms with Crippen molar-refractivity contribution in [2.45, 2.75) is 13.3 Å². The first-order chi connectivity index (χ1) is 11.2. The molecular weight excluding hydrogens is 288 g/mol. The lowest BCUT2D eigenvalue weighted by molar-refractivity contribution is 0.0951. The first-order valence-corrected chi connectivity index (χ1v) is 7.68. The molecule has 0 atom stereocenters. The van der Waals surface area contributed by atoms with Crippen LogP contribution in [-0.2, 0) is 6.42 Å². The van der Waals surface area contributed by atoms with Gasteiger partial charge in [0.1, 0.15) is 5.75 Å². The molecule has 2 aromatic carbocycles. The minimum absolute atomic E-state index is 0.111. The number of methoxy groups -OCH3 is 1. The fraction of sp³-hybridized carbons (Fsp3) is 0.211. The lowest BCUT2D eigenvalue weighted by Gasteiger charge is -2.09. The van der Waals surface area contributed by atoms with Crippen LogP contribution in [0.1, 0.15) is 21.6 Å². The number of nitrogens with one attached hydrogen (secondary N) is 2. The number of H-pyrrole nitrogens is 1. The summed E-state index contributed by atoms with van der Waals surface area (Å²) in [6.07, 6.45) is 0.788. The summed E-state index contributed by atoms with van der Waals surface area (Å²) in [6.45, 7) is 2.65. The molecule has 0 saturated carbocycles. The molecule has 23 heavy (non-hydrogen) atoms. The molecule has 1 heterocycles. The molecule has 1 aromatic heterocycles. The SMILES string of the molecule is COc1ccccc1C(=O)NCCc1c(C)[nH]c2ccccc12. The molecule has 3 aromatic rings. The zero-order valence-corrected chi connectivity index (χ0v) is 13.3. The molecule has 1 amide bonds. The fourth-order valence-corrected chi connectivity index (χ4v) is 2.89. The van der Waals surface area contributed by atoms with Gasteiger partial charge in [-0.25, -0.2) is 0 Å². The molecule has 118 valence electrons. The predicted octanol–water partition coefficient (Wildman–Crippen LogP) is 3.46. The van der Waals surface area contributed by atoms with E-state index in [1.54, 1.807) is 19.2 Å². The lowest BCUT2D eigenvalue weighted by Crippen LogP contribution is -2.26. The fourth-order valence-electron chi connectivity index (χ4n) is 2.89. The molecule has 4 nitrogen and oxygen atoms in total. The molecule has 2 N–H and O–H groups in total. The van der Waals surface area contributed by atoms with E-state index >= 15 is 0 Å². The van der Waals surface area contributed by atoms with E-state index in [1.165, 1.54) is 10.9 Å². The number of carbonyl (C=O) groups excluding carboxylic acids is 1. The number of rotatable bonds is 5. The van der Waals surface area contributed by atoms with Crippen LogP contribution in [0.4, 0.5) is 0 Å². The molecule has 0 radical (unpaired) electrons. The minimum Gasteiger partial charge on any atom is -0.496 e. The van der Waals surface area contributed by atoms with Gasteiger partial charge in [0.25, 0.3) is 5.91 Å². The first kappa shape index (κ1) is 15.2. The maximum Gasteiger partial charge on any atom is 0.255 e. The average Bonchev–Trinajstić information content (AvgIpc) is 2.90. The Bertz CT molecular complexity index is 836. The number of hydrogen-bond acceptors (Lipinski definition) is 2. The number of para-hydroxylation sites is 2. The number of aromatic amines is 1. The van der Waals surface area contributed by atoms with Crippen molar-refractivity contribution in [2.75, 3.05) is 13.7 Å². The second-order valence-corrected chi connectivity index (χ2v) is 5.48. The van der Waals surface area contributed by atoms with E-state index in [2.05, 4.69) is 29.4 Å². The van der Waals surface area contributed by atoms with Crippen molar-refractivity contribution in [1.29, 1.82) is 0 Å². The van der Waals surface area contributed by atoms with E-state index in [4.69, 9.17) is 4.74 Å². The van der Waals surface area contributed by atoms with Crippen LogP contribution < -0.4 is 10.1 Å². The second-order valence-electron chi connectivity index (χ2n) is 5.48. The third-order valence-corrected chi connectivity index (χ3v) is 4.04. The van der Waals surface area contributed by atoms with Gasteiger partial charge >= 0.3 is 0 Å². The number of hydrogen-bond donors (Lipinski definition) is 2. The predicted molar refractivity (Wildman–Crippen MR) is 92.1 cm³/mol. The molecular formula is C19H20N2O2. The average molecular weight is 308 g/mol. The van der Waals surface area contributed by atoms with Gasteiger partial charge in [0.15, 0.2) is 0 Å². The molecule has 0 unspecified atom stereocenters. The molecule has 0 saturated heterocycles. The Morgan fingerprint density at radius 2 is 1.87 bits per heavy atom. The molecule has 0 spiro atoms. The Balaban J connectivity index is 1.69. The second kappa shape index (κ2) is 6.57. The van der Waals surface area contributed by atoms with Crippen LogP contribution in [0.2, 0.25) is 0 Å². The molecule has 3 rings (SSSR count). The van der Waals surface area contributed by atoms with E-state index in [1.807, 2.05) is 24.3 Å². The van der Waals surface area contributed by atoms with Crippen molar-refractivity contribution in [2.24, 2.45) is 0 Å². The van der Waals surface area contributed by atoms with Crippen molar-refractivity contribution < 1.29 is 9.53 Å². The lowest BCUT2D eigenvalue weighted by atomic mass is 10.1. The summed E-state index contributed by atoms with van der Waals surface area (Å²) >= 11 is 0. The van der Waals surface area contributed by atoms with Crippen LogP contribution in [0, 0.1) is 6.92 Å². The van der Waals surface area contributed by atoms with E-state index in [9.17, 15) is 4.79 Å². The topological polar surface area (TPSA) is 54.1 Å². The zero-order valence-electron chi connectivity index (χ0n) is 13.3. The monoisotopic (exact) mass is 308 g/mol. The van der Waals surface area contributed by atoms with Crippen molar-refractivity contribution in [3.63, 3.8) is 0 Å². The number of aryl methyl sites for hydroxylation is 1. The number of carbonyl (C=O) groups is 1. The van der Waals surface area contributed by atoms with Crippen LogP contribution in [0.3, 0.4) is 0 Å². The number of amides is 1. The van der Waals surface area contributed by atoms with E-state index in [-0.39, 0.29) is 5.91 Å². The van der Waals surface area contributed by atoms with Gasteiger partial charge in [-0.05, 0) is 37.1 Å². The Labute approximate surface area is 135 Å². The Morgan fingerprint density at radius 1 is 1.13 bits per heavy atom. The Hall–Kier alpha value is -2.75. The summed E-state index contributed by atoms with van der Waals surface area (Å²) < 4.78 is 5.23. The largest absolute Gasteiger partial charge is 0.496 e. The molecule has 0 aliphatic rings. The van der Waals surface area contributed by atoms with Crippen LogP contribution in [0.15, 0.2) is 48.5 Å². The van der Waals surface area contributed by atoms with Gasteiger partial charge in [0, 0.05) is 23.1 Å². The summed E-state index contributed by atoms with van der Waals surface area (Å²) in [5, 5.41) is 4.19. The van der Waals surface area contributed by atoms with E-state index in [0.29, 0.717) is 17.9 Å². The highest BCUT2D eigenvalue weighted by Gasteiger charge is 2.12. The van der Waals surface area contributed by atoms with Gasteiger partial charge in [0.2, 0.25) is 0 Å². The first-order valence-electron chi connectivity index (χ1n) is 7.68. The summed E-state index contributed by atoms with van der Waals surface area (Å²) in [5.74, 6) is 0.480. The Kier molecular flexibility index (Phi) is 4.33. The van der Waals surface area contributed by atoms with Gasteiger partial charge in [-0.15, -0.1) is 0 Å². The zero-order chi connectivity index (χ0) is 16.2. The quantitative estimate of drug-likeness (QED) is 0.758. The smallest absolute Gasteiger partial charge is 0.255 e. The van der Waals surface area contributed by atoms with Crippen molar-refractivity contribution >= 4 is 16.8 Å². The Morgan fingerprint density at radius 3 is 2.70 bits per heavy atom. The van der Waals surface area contributed by atoms with Crippen LogP contribution in [0.25, 0.3) is 10.9 Å². The summed E-state index contributed by atoms with van der Waals surface area (Å²) in [7, 11) is 1.57. The van der Waals surface area contributed by atoms with Gasteiger partial charge in [0.05, 0.1) is 12.7 Å². The number of aromatic nitrogens is 1. The van der Waals surface area contributed by atoms with Crippen LogP contribution in [-0.4, -0.2) is 24.5 Å². The summed E-state index contributed by atoms with van der Waals surface area (Å²) in [6, 6.07) is 15.5. The highest BCUT2D eigenvalue weighted by Crippen LogP contribution is 2.22. The van der Waals surface area contributed by atoms with Crippen molar-refractivity contribution in [3.05, 3.63) is 65.4 Å². The summed E-state index contributed by atoms with van der Waals surface area (Å²) in [4.78, 5) is 15.7. The van der Waals surface area contributed by atoms with Gasteiger partial charge in [-0.1, -0.05) is 30.3 Å². The maximum atomic E-state index is 12.3. The van der Waals surface area contributed by atoms with Crippen molar-refractivity contribution in [3.8, 4) is 5.75 Å².